The molecule has 0 unspecified atom stereocenters. The molecule has 14 heavy (non-hydrogen) atoms. The standard InChI is InChI=1S/C6H6Cl2N4O2/c7-1-2-9-5-4(12(13)14)3-10-6(8)11-5/h3H,1-2H2,(H,9,10,11). The summed E-state index contributed by atoms with van der Waals surface area (Å²) in [6.45, 7) is 0.371. The van der Waals surface area contributed by atoms with E-state index in [9.17, 15) is 10.1 Å². The predicted octanol–water partition coefficient (Wildman–Crippen LogP) is 1.69. The predicted molar refractivity (Wildman–Crippen MR) is 52.9 cm³/mol. The minimum atomic E-state index is -0.590. The van der Waals surface area contributed by atoms with Crippen molar-refractivity contribution < 1.29 is 4.92 Å². The molecule has 76 valence electrons. The van der Waals surface area contributed by atoms with Gasteiger partial charge in [0, 0.05) is 12.4 Å². The Labute approximate surface area is 89.4 Å². The third-order valence-electron chi connectivity index (χ3n) is 1.32. The summed E-state index contributed by atoms with van der Waals surface area (Å²) in [5, 5.41) is 13.1. The van der Waals surface area contributed by atoms with Gasteiger partial charge in [0.25, 0.3) is 0 Å². The van der Waals surface area contributed by atoms with Crippen molar-refractivity contribution in [3.05, 3.63) is 21.6 Å². The van der Waals surface area contributed by atoms with Crippen LogP contribution in [-0.2, 0) is 0 Å². The molecule has 1 rings (SSSR count). The molecule has 1 aromatic heterocycles. The normalized spacial score (nSPS) is 9.86. The molecule has 0 spiro atoms. The summed E-state index contributed by atoms with van der Waals surface area (Å²) in [5.41, 5.74) is -0.223. The van der Waals surface area contributed by atoms with E-state index in [0.29, 0.717) is 12.4 Å². The summed E-state index contributed by atoms with van der Waals surface area (Å²) in [6.07, 6.45) is 1.05. The van der Waals surface area contributed by atoms with Gasteiger partial charge in [-0.1, -0.05) is 0 Å². The summed E-state index contributed by atoms with van der Waals surface area (Å²) < 4.78 is 0. The molecule has 6 nitrogen and oxygen atoms in total. The lowest BCUT2D eigenvalue weighted by molar-refractivity contribution is -0.384. The second-order valence-corrected chi connectivity index (χ2v) is 2.96. The van der Waals surface area contributed by atoms with Crippen molar-refractivity contribution in [2.75, 3.05) is 17.7 Å². The third kappa shape index (κ3) is 2.68. The lowest BCUT2D eigenvalue weighted by Crippen LogP contribution is -2.07. The Kier molecular flexibility index (Phi) is 3.84. The maximum atomic E-state index is 10.5. The van der Waals surface area contributed by atoms with E-state index >= 15 is 0 Å². The van der Waals surface area contributed by atoms with Gasteiger partial charge >= 0.3 is 5.69 Å². The molecule has 1 aromatic rings. The van der Waals surface area contributed by atoms with E-state index in [1.165, 1.54) is 0 Å². The van der Waals surface area contributed by atoms with E-state index in [4.69, 9.17) is 23.2 Å². The lowest BCUT2D eigenvalue weighted by atomic mass is 10.5. The summed E-state index contributed by atoms with van der Waals surface area (Å²) in [4.78, 5) is 17.1. The topological polar surface area (TPSA) is 81.0 Å². The molecule has 0 amide bonds. The molecule has 0 saturated heterocycles. The summed E-state index contributed by atoms with van der Waals surface area (Å²) in [5.74, 6) is 0.398. The van der Waals surface area contributed by atoms with Crippen LogP contribution in [0.2, 0.25) is 5.28 Å². The third-order valence-corrected chi connectivity index (χ3v) is 1.69. The molecular formula is C6H6Cl2N4O2. The van der Waals surface area contributed by atoms with Gasteiger partial charge in [0.05, 0.1) is 4.92 Å². The Morgan fingerprint density at radius 3 is 2.93 bits per heavy atom. The second-order valence-electron chi connectivity index (χ2n) is 2.25. The SMILES string of the molecule is O=[N+]([O-])c1cnc(Cl)nc1NCCCl. The molecule has 0 aliphatic heterocycles. The molecule has 0 aliphatic rings. The quantitative estimate of drug-likeness (QED) is 0.373. The summed E-state index contributed by atoms with van der Waals surface area (Å²) >= 11 is 10.9. The first kappa shape index (κ1) is 10.9. The van der Waals surface area contributed by atoms with Crippen LogP contribution < -0.4 is 5.32 Å². The molecule has 1 N–H and O–H groups in total. The zero-order valence-corrected chi connectivity index (χ0v) is 8.42. The highest BCUT2D eigenvalue weighted by molar-refractivity contribution is 6.28. The average molecular weight is 237 g/mol. The van der Waals surface area contributed by atoms with Crippen LogP contribution in [-0.4, -0.2) is 27.3 Å². The van der Waals surface area contributed by atoms with Crippen molar-refractivity contribution in [3.8, 4) is 0 Å². The first-order chi connectivity index (χ1) is 6.65. The fourth-order valence-corrected chi connectivity index (χ4v) is 1.01. The monoisotopic (exact) mass is 236 g/mol. The Balaban J connectivity index is 2.97. The number of anilines is 1. The highest BCUT2D eigenvalue weighted by Crippen LogP contribution is 2.21. The van der Waals surface area contributed by atoms with Gasteiger partial charge in [0.2, 0.25) is 11.1 Å². The van der Waals surface area contributed by atoms with Crippen molar-refractivity contribution >= 4 is 34.7 Å². The average Bonchev–Trinajstić information content (AvgIpc) is 2.14. The van der Waals surface area contributed by atoms with Gasteiger partial charge in [-0.05, 0) is 11.6 Å². The molecule has 0 aliphatic carbocycles. The number of halogens is 2. The Hall–Kier alpha value is -1.14. The number of nitro groups is 1. The van der Waals surface area contributed by atoms with Gasteiger partial charge in [-0.15, -0.1) is 11.6 Å². The zero-order chi connectivity index (χ0) is 10.6. The van der Waals surface area contributed by atoms with E-state index in [2.05, 4.69) is 15.3 Å². The Morgan fingerprint density at radius 1 is 1.64 bits per heavy atom. The minimum absolute atomic E-state index is 0.0485. The maximum absolute atomic E-state index is 10.5. The number of nitrogens with zero attached hydrogens (tertiary/aromatic N) is 3. The lowest BCUT2D eigenvalue weighted by Gasteiger charge is -2.02. The number of aromatic nitrogens is 2. The highest BCUT2D eigenvalue weighted by atomic mass is 35.5. The fourth-order valence-electron chi connectivity index (χ4n) is 0.783. The molecule has 0 saturated carbocycles. The van der Waals surface area contributed by atoms with Crippen molar-refractivity contribution in [3.63, 3.8) is 0 Å². The van der Waals surface area contributed by atoms with Gasteiger partial charge < -0.3 is 5.32 Å². The van der Waals surface area contributed by atoms with Gasteiger partial charge in [-0.3, -0.25) is 10.1 Å². The van der Waals surface area contributed by atoms with Crippen LogP contribution >= 0.6 is 23.2 Å². The fraction of sp³-hybridized carbons (Fsp3) is 0.333. The van der Waals surface area contributed by atoms with Crippen LogP contribution in [0.3, 0.4) is 0 Å². The zero-order valence-electron chi connectivity index (χ0n) is 6.91. The van der Waals surface area contributed by atoms with Crippen molar-refractivity contribution in [2.24, 2.45) is 0 Å². The molecular weight excluding hydrogens is 231 g/mol. The van der Waals surface area contributed by atoms with Crippen LogP contribution in [0.4, 0.5) is 11.5 Å². The number of hydrogen-bond donors (Lipinski definition) is 1. The van der Waals surface area contributed by atoms with Gasteiger partial charge in [0.1, 0.15) is 6.20 Å². The molecule has 0 fully saturated rings. The number of hydrogen-bond acceptors (Lipinski definition) is 5. The minimum Gasteiger partial charge on any atom is -0.363 e. The number of rotatable bonds is 4. The van der Waals surface area contributed by atoms with Gasteiger partial charge in [0.15, 0.2) is 0 Å². The smallest absolute Gasteiger partial charge is 0.329 e. The first-order valence-corrected chi connectivity index (χ1v) is 4.53. The van der Waals surface area contributed by atoms with E-state index < -0.39 is 4.92 Å². The van der Waals surface area contributed by atoms with Gasteiger partial charge in [-0.25, -0.2) is 4.98 Å². The van der Waals surface area contributed by atoms with Crippen molar-refractivity contribution in [2.45, 2.75) is 0 Å². The molecule has 0 aromatic carbocycles. The Bertz CT molecular complexity index is 347. The number of alkyl halides is 1. The Morgan fingerprint density at radius 2 is 2.36 bits per heavy atom. The summed E-state index contributed by atoms with van der Waals surface area (Å²) in [6, 6.07) is 0. The van der Waals surface area contributed by atoms with E-state index in [-0.39, 0.29) is 16.8 Å². The van der Waals surface area contributed by atoms with Crippen LogP contribution in [0.15, 0.2) is 6.20 Å². The highest BCUT2D eigenvalue weighted by Gasteiger charge is 2.15. The van der Waals surface area contributed by atoms with Crippen molar-refractivity contribution in [1.29, 1.82) is 0 Å². The molecule has 0 atom stereocenters. The first-order valence-electron chi connectivity index (χ1n) is 3.62. The second kappa shape index (κ2) is 4.92. The van der Waals surface area contributed by atoms with Crippen molar-refractivity contribution in [1.82, 2.24) is 9.97 Å². The molecule has 1 heterocycles. The van der Waals surface area contributed by atoms with Crippen LogP contribution in [0.25, 0.3) is 0 Å². The number of nitrogens with one attached hydrogen (secondary N) is 1. The molecule has 0 bridgehead atoms. The largest absolute Gasteiger partial charge is 0.363 e. The summed E-state index contributed by atoms with van der Waals surface area (Å²) in [7, 11) is 0. The molecule has 0 radical (unpaired) electrons. The van der Waals surface area contributed by atoms with E-state index in [1.807, 2.05) is 0 Å². The van der Waals surface area contributed by atoms with Crippen LogP contribution in [0.5, 0.6) is 0 Å². The van der Waals surface area contributed by atoms with E-state index in [0.717, 1.165) is 6.20 Å². The molecule has 8 heteroatoms. The van der Waals surface area contributed by atoms with E-state index in [1.54, 1.807) is 0 Å². The van der Waals surface area contributed by atoms with Gasteiger partial charge in [-0.2, -0.15) is 4.98 Å². The van der Waals surface area contributed by atoms with Crippen LogP contribution in [0.1, 0.15) is 0 Å². The van der Waals surface area contributed by atoms with Crippen LogP contribution in [0, 0.1) is 10.1 Å². The maximum Gasteiger partial charge on any atom is 0.329 e.